The zero-order chi connectivity index (χ0) is 24.6. The van der Waals surface area contributed by atoms with Crippen LogP contribution in [-0.2, 0) is 4.79 Å². The molecule has 6 rings (SSSR count). The molecule has 1 aliphatic carbocycles. The fourth-order valence-electron chi connectivity index (χ4n) is 4.91. The number of aromatic nitrogens is 1. The van der Waals surface area contributed by atoms with Gasteiger partial charge in [0.15, 0.2) is 0 Å². The van der Waals surface area contributed by atoms with Crippen molar-refractivity contribution in [2.45, 2.75) is 24.9 Å². The van der Waals surface area contributed by atoms with Gasteiger partial charge < -0.3 is 14.8 Å². The summed E-state index contributed by atoms with van der Waals surface area (Å²) >= 11 is 6.18. The van der Waals surface area contributed by atoms with Crippen LogP contribution in [0.5, 0.6) is 0 Å². The molecule has 0 radical (unpaired) electrons. The maximum atomic E-state index is 14.1. The van der Waals surface area contributed by atoms with Gasteiger partial charge in [-0.2, -0.15) is 0 Å². The fourth-order valence-corrected chi connectivity index (χ4v) is 5.04. The molecule has 0 saturated heterocycles. The summed E-state index contributed by atoms with van der Waals surface area (Å²) in [5, 5.41) is 3.59. The molecule has 36 heavy (non-hydrogen) atoms. The molecule has 1 aliphatic heterocycles. The van der Waals surface area contributed by atoms with Gasteiger partial charge in [-0.25, -0.2) is 4.79 Å². The van der Waals surface area contributed by atoms with E-state index in [-0.39, 0.29) is 30.6 Å². The van der Waals surface area contributed by atoms with Crippen LogP contribution in [0.1, 0.15) is 30.1 Å². The summed E-state index contributed by atoms with van der Waals surface area (Å²) in [5.74, 6) is -0.134. The minimum Gasteiger partial charge on any atom is -0.316 e. The average molecular weight is 497 g/mol. The number of amides is 3. The molecule has 1 atom stereocenters. The highest BCUT2D eigenvalue weighted by atomic mass is 35.5. The number of nitrogens with zero attached hydrogens (tertiary/aromatic N) is 3. The molecule has 1 unspecified atom stereocenters. The Balaban J connectivity index is 1.37. The van der Waals surface area contributed by atoms with Crippen LogP contribution in [0.3, 0.4) is 0 Å². The molecule has 4 aromatic rings. The lowest BCUT2D eigenvalue weighted by Crippen LogP contribution is -2.48. The molecular formula is C29H25ClN4O2. The summed E-state index contributed by atoms with van der Waals surface area (Å²) < 4.78 is 2.12. The molecule has 0 bridgehead atoms. The SMILES string of the molecule is O=C(Nc1ccccc1)N(CC(=O)N1c2ccccc2-n2cccc2C1c1ccc(Cl)cc1)C1CC1. The van der Waals surface area contributed by atoms with E-state index < -0.39 is 0 Å². The standard InChI is InChI=1S/C29H25ClN4O2/c30-21-14-12-20(13-15-21)28-26-11-6-18-32(26)24-9-4-5-10-25(24)34(28)27(35)19-33(23-16-17-23)29(36)31-22-7-2-1-3-8-22/h1-15,18,23,28H,16-17,19H2,(H,31,36). The number of hydrogen-bond donors (Lipinski definition) is 1. The largest absolute Gasteiger partial charge is 0.322 e. The van der Waals surface area contributed by atoms with E-state index in [1.54, 1.807) is 4.90 Å². The van der Waals surface area contributed by atoms with Crippen molar-refractivity contribution in [1.29, 1.82) is 0 Å². The highest BCUT2D eigenvalue weighted by molar-refractivity contribution is 6.30. The van der Waals surface area contributed by atoms with Gasteiger partial charge in [-0.1, -0.05) is 54.1 Å². The first kappa shape index (κ1) is 22.4. The van der Waals surface area contributed by atoms with E-state index >= 15 is 0 Å². The zero-order valence-electron chi connectivity index (χ0n) is 19.5. The number of halogens is 1. The topological polar surface area (TPSA) is 57.6 Å². The maximum Gasteiger partial charge on any atom is 0.322 e. The van der Waals surface area contributed by atoms with Gasteiger partial charge in [-0.3, -0.25) is 9.69 Å². The van der Waals surface area contributed by atoms with Crippen LogP contribution < -0.4 is 10.2 Å². The lowest BCUT2D eigenvalue weighted by molar-refractivity contribution is -0.119. The number of hydrogen-bond acceptors (Lipinski definition) is 2. The number of nitrogens with one attached hydrogen (secondary N) is 1. The molecule has 0 spiro atoms. The number of carbonyl (C=O) groups excluding carboxylic acids is 2. The maximum absolute atomic E-state index is 14.1. The molecular weight excluding hydrogens is 472 g/mol. The van der Waals surface area contributed by atoms with Gasteiger partial charge >= 0.3 is 6.03 Å². The number of anilines is 2. The lowest BCUT2D eigenvalue weighted by atomic mass is 9.97. The molecule has 6 nitrogen and oxygen atoms in total. The Morgan fingerprint density at radius 2 is 1.56 bits per heavy atom. The summed E-state index contributed by atoms with van der Waals surface area (Å²) in [5.41, 5.74) is 4.39. The van der Waals surface area contributed by atoms with Crippen molar-refractivity contribution in [2.75, 3.05) is 16.8 Å². The van der Waals surface area contributed by atoms with Crippen LogP contribution in [0, 0.1) is 0 Å². The highest BCUT2D eigenvalue weighted by Gasteiger charge is 2.40. The summed E-state index contributed by atoms with van der Waals surface area (Å²) in [6.45, 7) is -0.0114. The third-order valence-electron chi connectivity index (χ3n) is 6.75. The van der Waals surface area contributed by atoms with Crippen LogP contribution in [0.15, 0.2) is 97.2 Å². The summed E-state index contributed by atoms with van der Waals surface area (Å²) in [4.78, 5) is 30.8. The summed E-state index contributed by atoms with van der Waals surface area (Å²) in [7, 11) is 0. The van der Waals surface area contributed by atoms with Gasteiger partial charge in [-0.15, -0.1) is 0 Å². The second-order valence-electron chi connectivity index (χ2n) is 9.16. The van der Waals surface area contributed by atoms with E-state index in [2.05, 4.69) is 9.88 Å². The molecule has 1 saturated carbocycles. The Hall–Kier alpha value is -4.03. The number of rotatable bonds is 5. The van der Waals surface area contributed by atoms with Crippen LogP contribution in [0.2, 0.25) is 5.02 Å². The minimum atomic E-state index is -0.349. The zero-order valence-corrected chi connectivity index (χ0v) is 20.3. The van der Waals surface area contributed by atoms with Crippen molar-refractivity contribution in [1.82, 2.24) is 9.47 Å². The molecule has 3 aromatic carbocycles. The van der Waals surface area contributed by atoms with Crippen LogP contribution in [0.25, 0.3) is 5.69 Å². The molecule has 180 valence electrons. The summed E-state index contributed by atoms with van der Waals surface area (Å²) in [6, 6.07) is 28.3. The summed E-state index contributed by atoms with van der Waals surface area (Å²) in [6.07, 6.45) is 3.81. The Morgan fingerprint density at radius 1 is 0.861 bits per heavy atom. The Morgan fingerprint density at radius 3 is 2.28 bits per heavy atom. The van der Waals surface area contributed by atoms with Gasteiger partial charge in [0.05, 0.1) is 17.1 Å². The normalized spacial score (nSPS) is 16.1. The van der Waals surface area contributed by atoms with Crippen LogP contribution >= 0.6 is 11.6 Å². The predicted molar refractivity (Wildman–Crippen MR) is 142 cm³/mol. The number of fused-ring (bicyclic) bond motifs is 3. The van der Waals surface area contributed by atoms with Gasteiger partial charge in [0.25, 0.3) is 0 Å². The first-order chi connectivity index (χ1) is 17.6. The molecule has 1 N–H and O–H groups in total. The molecule has 3 amide bonds. The van der Waals surface area contributed by atoms with E-state index in [0.717, 1.165) is 35.5 Å². The van der Waals surface area contributed by atoms with E-state index in [4.69, 9.17) is 11.6 Å². The third kappa shape index (κ3) is 4.14. The van der Waals surface area contributed by atoms with Gasteiger partial charge in [0, 0.05) is 22.9 Å². The Kier molecular flexibility index (Phi) is 5.74. The van der Waals surface area contributed by atoms with Crippen molar-refractivity contribution in [2.24, 2.45) is 0 Å². The minimum absolute atomic E-state index is 0.0114. The quantitative estimate of drug-likeness (QED) is 0.354. The first-order valence-electron chi connectivity index (χ1n) is 12.1. The number of carbonyl (C=O) groups is 2. The predicted octanol–water partition coefficient (Wildman–Crippen LogP) is 6.26. The third-order valence-corrected chi connectivity index (χ3v) is 7.01. The fraction of sp³-hybridized carbons (Fsp3) is 0.172. The van der Waals surface area contributed by atoms with E-state index in [1.165, 1.54) is 0 Å². The van der Waals surface area contributed by atoms with Gasteiger partial charge in [0.2, 0.25) is 5.91 Å². The second-order valence-corrected chi connectivity index (χ2v) is 9.60. The van der Waals surface area contributed by atoms with Crippen molar-refractivity contribution in [3.63, 3.8) is 0 Å². The lowest BCUT2D eigenvalue weighted by Gasteiger charge is -2.39. The smallest absolute Gasteiger partial charge is 0.316 e. The molecule has 2 aliphatic rings. The van der Waals surface area contributed by atoms with Crippen molar-refractivity contribution in [3.8, 4) is 5.69 Å². The monoisotopic (exact) mass is 496 g/mol. The van der Waals surface area contributed by atoms with Gasteiger partial charge in [0.1, 0.15) is 12.6 Å². The Labute approximate surface area is 214 Å². The molecule has 2 heterocycles. The molecule has 1 aromatic heterocycles. The Bertz CT molecular complexity index is 1410. The van der Waals surface area contributed by atoms with Crippen molar-refractivity contribution >= 4 is 34.9 Å². The average Bonchev–Trinajstić information content (AvgIpc) is 3.62. The van der Waals surface area contributed by atoms with Crippen molar-refractivity contribution in [3.05, 3.63) is 113 Å². The van der Waals surface area contributed by atoms with E-state index in [0.29, 0.717) is 10.7 Å². The molecule has 7 heteroatoms. The van der Waals surface area contributed by atoms with E-state index in [9.17, 15) is 9.59 Å². The van der Waals surface area contributed by atoms with Gasteiger partial charge in [-0.05, 0) is 66.9 Å². The van der Waals surface area contributed by atoms with E-state index in [1.807, 2.05) is 102 Å². The number of para-hydroxylation sites is 3. The highest BCUT2D eigenvalue weighted by Crippen LogP contribution is 2.42. The first-order valence-corrected chi connectivity index (χ1v) is 12.4. The van der Waals surface area contributed by atoms with Crippen molar-refractivity contribution < 1.29 is 9.59 Å². The van der Waals surface area contributed by atoms with Crippen LogP contribution in [-0.4, -0.2) is 34.0 Å². The number of benzene rings is 3. The molecule has 1 fully saturated rings. The van der Waals surface area contributed by atoms with Crippen LogP contribution in [0.4, 0.5) is 16.2 Å². The number of urea groups is 1. The second kappa shape index (κ2) is 9.21.